The molecule has 1 aliphatic rings. The smallest absolute Gasteiger partial charge is 0.128 e. The quantitative estimate of drug-likeness (QED) is 0.927. The van der Waals surface area contributed by atoms with Gasteiger partial charge in [-0.05, 0) is 50.1 Å². The maximum Gasteiger partial charge on any atom is 0.128 e. The molecule has 0 bridgehead atoms. The van der Waals surface area contributed by atoms with Gasteiger partial charge in [-0.3, -0.25) is 4.98 Å². The van der Waals surface area contributed by atoms with Gasteiger partial charge in [-0.1, -0.05) is 18.2 Å². The average Bonchev–Trinajstić information content (AvgIpc) is 2.49. The van der Waals surface area contributed by atoms with Crippen molar-refractivity contribution in [2.24, 2.45) is 0 Å². The van der Waals surface area contributed by atoms with Gasteiger partial charge >= 0.3 is 0 Å². The third kappa shape index (κ3) is 2.83. The van der Waals surface area contributed by atoms with Crippen molar-refractivity contribution in [2.75, 3.05) is 13.1 Å². The highest BCUT2D eigenvalue weighted by Gasteiger charge is 2.29. The number of ether oxygens (including phenoxy) is 1. The standard InChI is InChI=1S/C17H20N2O/c1-17(9-4-10-19-13-17)20-16-6-3-2-5-15(16)14-7-11-18-12-8-14/h2-3,5-8,11-12,19H,4,9-10,13H2,1H3. The summed E-state index contributed by atoms with van der Waals surface area (Å²) in [7, 11) is 0. The molecule has 1 saturated heterocycles. The van der Waals surface area contributed by atoms with Crippen molar-refractivity contribution in [3.8, 4) is 16.9 Å². The Hall–Kier alpha value is -1.87. The molecule has 1 aromatic heterocycles. The van der Waals surface area contributed by atoms with E-state index in [9.17, 15) is 0 Å². The fourth-order valence-electron chi connectivity index (χ4n) is 2.71. The van der Waals surface area contributed by atoms with Crippen molar-refractivity contribution in [3.05, 3.63) is 48.8 Å². The highest BCUT2D eigenvalue weighted by molar-refractivity contribution is 5.69. The fourth-order valence-corrected chi connectivity index (χ4v) is 2.71. The Kier molecular flexibility index (Phi) is 3.70. The van der Waals surface area contributed by atoms with E-state index in [-0.39, 0.29) is 5.60 Å². The van der Waals surface area contributed by atoms with Crippen LogP contribution in [0.15, 0.2) is 48.8 Å². The Bertz CT molecular complexity index is 562. The summed E-state index contributed by atoms with van der Waals surface area (Å²) >= 11 is 0. The van der Waals surface area contributed by atoms with Gasteiger partial charge in [0.05, 0.1) is 0 Å². The van der Waals surface area contributed by atoms with Gasteiger partial charge in [0.1, 0.15) is 11.4 Å². The highest BCUT2D eigenvalue weighted by Crippen LogP contribution is 2.33. The zero-order valence-electron chi connectivity index (χ0n) is 11.8. The molecule has 0 spiro atoms. The van der Waals surface area contributed by atoms with Crippen LogP contribution in [0.1, 0.15) is 19.8 Å². The van der Waals surface area contributed by atoms with Gasteiger partial charge in [0.15, 0.2) is 0 Å². The van der Waals surface area contributed by atoms with Gasteiger partial charge in [-0.25, -0.2) is 0 Å². The van der Waals surface area contributed by atoms with Gasteiger partial charge in [0.25, 0.3) is 0 Å². The summed E-state index contributed by atoms with van der Waals surface area (Å²) in [5.41, 5.74) is 2.14. The number of rotatable bonds is 3. The van der Waals surface area contributed by atoms with E-state index in [2.05, 4.69) is 29.4 Å². The van der Waals surface area contributed by atoms with Gasteiger partial charge in [-0.2, -0.15) is 0 Å². The molecule has 1 aliphatic heterocycles. The first-order chi connectivity index (χ1) is 9.77. The second kappa shape index (κ2) is 5.63. The SMILES string of the molecule is CC1(Oc2ccccc2-c2ccncc2)CCCNC1. The van der Waals surface area contributed by atoms with Gasteiger partial charge in [0.2, 0.25) is 0 Å². The Labute approximate surface area is 120 Å². The van der Waals surface area contributed by atoms with Crippen LogP contribution in [0.4, 0.5) is 0 Å². The van der Waals surface area contributed by atoms with E-state index in [1.54, 1.807) is 0 Å². The summed E-state index contributed by atoms with van der Waals surface area (Å²) in [6.45, 7) is 4.17. The lowest BCUT2D eigenvalue weighted by Crippen LogP contribution is -2.47. The van der Waals surface area contributed by atoms with E-state index < -0.39 is 0 Å². The molecule has 1 fully saturated rings. The number of piperidine rings is 1. The number of hydrogen-bond donors (Lipinski definition) is 1. The topological polar surface area (TPSA) is 34.1 Å². The van der Waals surface area contributed by atoms with Crippen LogP contribution in [0.5, 0.6) is 5.75 Å². The molecule has 1 N–H and O–H groups in total. The van der Waals surface area contributed by atoms with Gasteiger partial charge in [-0.15, -0.1) is 0 Å². The number of benzene rings is 1. The average molecular weight is 268 g/mol. The number of hydrogen-bond acceptors (Lipinski definition) is 3. The first-order valence-electron chi connectivity index (χ1n) is 7.16. The summed E-state index contributed by atoms with van der Waals surface area (Å²) in [5.74, 6) is 0.949. The van der Waals surface area contributed by atoms with Crippen molar-refractivity contribution < 1.29 is 4.74 Å². The zero-order chi connectivity index (χ0) is 13.8. The minimum absolute atomic E-state index is 0.124. The summed E-state index contributed by atoms with van der Waals surface area (Å²) in [5, 5.41) is 3.42. The van der Waals surface area contributed by atoms with Gasteiger partial charge in [0, 0.05) is 24.5 Å². The molecule has 1 unspecified atom stereocenters. The Morgan fingerprint density at radius 2 is 1.95 bits per heavy atom. The van der Waals surface area contributed by atoms with Crippen LogP contribution in [-0.4, -0.2) is 23.7 Å². The minimum atomic E-state index is -0.124. The van der Waals surface area contributed by atoms with Crippen molar-refractivity contribution in [1.82, 2.24) is 10.3 Å². The molecule has 0 amide bonds. The van der Waals surface area contributed by atoms with Crippen molar-refractivity contribution in [1.29, 1.82) is 0 Å². The minimum Gasteiger partial charge on any atom is -0.486 e. The number of para-hydroxylation sites is 1. The van der Waals surface area contributed by atoms with E-state index in [1.807, 2.05) is 36.7 Å². The molecule has 3 rings (SSSR count). The second-order valence-electron chi connectivity index (χ2n) is 5.56. The van der Waals surface area contributed by atoms with Crippen molar-refractivity contribution in [3.63, 3.8) is 0 Å². The van der Waals surface area contributed by atoms with Crippen molar-refractivity contribution in [2.45, 2.75) is 25.4 Å². The van der Waals surface area contributed by atoms with Gasteiger partial charge < -0.3 is 10.1 Å². The number of nitrogens with zero attached hydrogens (tertiary/aromatic N) is 1. The summed E-state index contributed by atoms with van der Waals surface area (Å²) in [6, 6.07) is 12.3. The van der Waals surface area contributed by atoms with Crippen molar-refractivity contribution >= 4 is 0 Å². The third-order valence-corrected chi connectivity index (χ3v) is 3.79. The first kappa shape index (κ1) is 13.1. The summed E-state index contributed by atoms with van der Waals surface area (Å²) in [6.07, 6.45) is 5.88. The Balaban J connectivity index is 1.90. The zero-order valence-corrected chi connectivity index (χ0v) is 11.8. The molecule has 20 heavy (non-hydrogen) atoms. The molecule has 3 heteroatoms. The van der Waals surface area contributed by atoms with Crippen LogP contribution in [0, 0.1) is 0 Å². The van der Waals surface area contributed by atoms with E-state index in [1.165, 1.54) is 0 Å². The fraction of sp³-hybridized carbons (Fsp3) is 0.353. The lowest BCUT2D eigenvalue weighted by molar-refractivity contribution is 0.0621. The Morgan fingerprint density at radius 1 is 1.15 bits per heavy atom. The normalized spacial score (nSPS) is 22.4. The number of aromatic nitrogens is 1. The monoisotopic (exact) mass is 268 g/mol. The number of pyridine rings is 1. The molecular weight excluding hydrogens is 248 g/mol. The molecule has 2 heterocycles. The largest absolute Gasteiger partial charge is 0.486 e. The summed E-state index contributed by atoms with van der Waals surface area (Å²) < 4.78 is 6.35. The molecule has 104 valence electrons. The van der Waals surface area contributed by atoms with Crippen LogP contribution in [0.25, 0.3) is 11.1 Å². The van der Waals surface area contributed by atoms with E-state index in [0.29, 0.717) is 0 Å². The summed E-state index contributed by atoms with van der Waals surface area (Å²) in [4.78, 5) is 4.08. The molecular formula is C17H20N2O. The Morgan fingerprint density at radius 3 is 2.70 bits per heavy atom. The second-order valence-corrected chi connectivity index (χ2v) is 5.56. The van der Waals surface area contributed by atoms with Crippen LogP contribution in [-0.2, 0) is 0 Å². The molecule has 3 nitrogen and oxygen atoms in total. The predicted octanol–water partition coefficient (Wildman–Crippen LogP) is 3.27. The maximum atomic E-state index is 6.35. The van der Waals surface area contributed by atoms with Crippen LogP contribution >= 0.6 is 0 Å². The van der Waals surface area contributed by atoms with E-state index >= 15 is 0 Å². The van der Waals surface area contributed by atoms with E-state index in [4.69, 9.17) is 4.74 Å². The first-order valence-corrected chi connectivity index (χ1v) is 7.16. The molecule has 1 atom stereocenters. The van der Waals surface area contributed by atoms with E-state index in [0.717, 1.165) is 42.8 Å². The molecule has 0 radical (unpaired) electrons. The number of nitrogens with one attached hydrogen (secondary N) is 1. The maximum absolute atomic E-state index is 6.35. The van der Waals surface area contributed by atoms with Crippen LogP contribution in [0.3, 0.4) is 0 Å². The molecule has 0 aliphatic carbocycles. The van der Waals surface area contributed by atoms with Crippen LogP contribution < -0.4 is 10.1 Å². The molecule has 2 aromatic rings. The lowest BCUT2D eigenvalue weighted by Gasteiger charge is -2.35. The molecule has 1 aromatic carbocycles. The lowest BCUT2D eigenvalue weighted by atomic mass is 9.96. The predicted molar refractivity (Wildman–Crippen MR) is 80.8 cm³/mol. The highest BCUT2D eigenvalue weighted by atomic mass is 16.5. The molecule has 0 saturated carbocycles. The van der Waals surface area contributed by atoms with Crippen LogP contribution in [0.2, 0.25) is 0 Å². The third-order valence-electron chi connectivity index (χ3n) is 3.79.